The van der Waals surface area contributed by atoms with Crippen LogP contribution in [0.3, 0.4) is 0 Å². The highest BCUT2D eigenvalue weighted by Gasteiger charge is 2.64. The van der Waals surface area contributed by atoms with Gasteiger partial charge in [0.25, 0.3) is 11.5 Å². The number of thiophene rings is 1. The van der Waals surface area contributed by atoms with Gasteiger partial charge < -0.3 is 25.3 Å². The quantitative estimate of drug-likeness (QED) is 0.204. The summed E-state index contributed by atoms with van der Waals surface area (Å²) in [4.78, 5) is 64.7. The van der Waals surface area contributed by atoms with Crippen molar-refractivity contribution in [3.05, 3.63) is 61.1 Å². The first-order valence-corrected chi connectivity index (χ1v) is 16.9. The maximum Gasteiger partial charge on any atom is 0.330 e. The van der Waals surface area contributed by atoms with Crippen molar-refractivity contribution in [1.82, 2.24) is 15.2 Å². The highest BCUT2D eigenvalue weighted by molar-refractivity contribution is 7.20. The van der Waals surface area contributed by atoms with Crippen LogP contribution in [0.15, 0.2) is 41.3 Å². The molecule has 0 spiro atoms. The Morgan fingerprint density at radius 3 is 2.24 bits per heavy atom. The smallest absolute Gasteiger partial charge is 0.330 e. The molecule has 3 amide bonds. The third-order valence-electron chi connectivity index (χ3n) is 9.45. The number of nitrogens with one attached hydrogen (secondary N) is 3. The molecule has 4 saturated carbocycles. The lowest BCUT2D eigenvalue weighted by Crippen LogP contribution is -2.68. The Labute approximate surface area is 282 Å². The summed E-state index contributed by atoms with van der Waals surface area (Å²) in [5.41, 5.74) is -0.196. The lowest BCUT2D eigenvalue weighted by Gasteiger charge is -2.69. The van der Waals surface area contributed by atoms with Gasteiger partial charge in [0.05, 0.1) is 17.0 Å². The van der Waals surface area contributed by atoms with Crippen LogP contribution in [0.1, 0.15) is 82.5 Å². The van der Waals surface area contributed by atoms with E-state index >= 15 is 0 Å². The fraction of sp³-hybridized carbons (Fsp3) is 0.545. The molecule has 2 aromatic rings. The fourth-order valence-corrected chi connectivity index (χ4v) is 10.9. The lowest BCUT2D eigenvalue weighted by molar-refractivity contribution is -0.164. The van der Waals surface area contributed by atoms with Gasteiger partial charge in [-0.2, -0.15) is 0 Å². The molecule has 46 heavy (non-hydrogen) atoms. The molecule has 4 aliphatic rings. The molecule has 4 fully saturated rings. The third-order valence-corrected chi connectivity index (χ3v) is 10.9. The zero-order valence-corrected chi connectivity index (χ0v) is 28.8. The summed E-state index contributed by atoms with van der Waals surface area (Å²) in [6.45, 7) is 6.83. The van der Waals surface area contributed by atoms with Crippen molar-refractivity contribution in [3.63, 3.8) is 0 Å². The molecule has 0 aliphatic heterocycles. The Morgan fingerprint density at radius 2 is 1.67 bits per heavy atom. The Morgan fingerprint density at radius 1 is 1.04 bits per heavy atom. The van der Waals surface area contributed by atoms with Gasteiger partial charge in [0.15, 0.2) is 0 Å². The summed E-state index contributed by atoms with van der Waals surface area (Å²) in [5.74, 6) is -2.06. The number of anilines is 1. The summed E-state index contributed by atoms with van der Waals surface area (Å²) in [6.07, 6.45) is 10.9. The minimum absolute atomic E-state index is 0.0383. The number of hydrogen-bond donors (Lipinski definition) is 3. The highest BCUT2D eigenvalue weighted by Crippen LogP contribution is 2.70. The molecule has 3 N–H and O–H groups in total. The second kappa shape index (κ2) is 12.8. The Bertz CT molecular complexity index is 1600. The average molecular weight is 692 g/mol. The van der Waals surface area contributed by atoms with Crippen LogP contribution in [-0.4, -0.2) is 46.9 Å². The SMILES string of the molecule is COC(=O)/C=C/CC[C@H](NC(=O)c1cc(Cl)sc1Cl)C(=O)Nc1cccn(CC(=O)NC23CC4(C)CC(C)(CC(C)(C4)C2)C3)c1=O. The van der Waals surface area contributed by atoms with E-state index in [1.165, 1.54) is 61.4 Å². The van der Waals surface area contributed by atoms with Crippen molar-refractivity contribution in [2.45, 2.75) is 90.3 Å². The largest absolute Gasteiger partial charge is 0.466 e. The van der Waals surface area contributed by atoms with E-state index in [4.69, 9.17) is 23.2 Å². The van der Waals surface area contributed by atoms with Crippen LogP contribution in [0.25, 0.3) is 0 Å². The van der Waals surface area contributed by atoms with E-state index in [-0.39, 0.29) is 62.7 Å². The standard InChI is InChI=1S/C33H40Cl2N4O6S/c1-30-14-31(2)16-32(3,15-30)19-33(17-30,18-31)38-24(40)13-39-11-7-9-22(29(39)44)37-28(43)21(8-5-6-10-25(41)45-4)36-27(42)20-12-23(34)46-26(20)35/h6-7,9-12,21H,5,8,13-19H2,1-4H3,(H,36,42)(H,37,43)(H,38,40)/b10-6+/t21-,30?,31?,32?,33?/m0/s1. The van der Waals surface area contributed by atoms with Crippen LogP contribution < -0.4 is 21.5 Å². The van der Waals surface area contributed by atoms with Gasteiger partial charge in [-0.05, 0) is 85.8 Å². The first kappa shape index (κ1) is 34.2. The van der Waals surface area contributed by atoms with Gasteiger partial charge in [0, 0.05) is 17.8 Å². The number of esters is 1. The molecule has 4 aliphatic carbocycles. The topological polar surface area (TPSA) is 136 Å². The number of halogens is 2. The molecule has 0 radical (unpaired) electrons. The molecule has 2 heterocycles. The molecular weight excluding hydrogens is 651 g/mol. The van der Waals surface area contributed by atoms with Crippen LogP contribution >= 0.6 is 34.5 Å². The Hall–Kier alpha value is -3.15. The molecule has 10 nitrogen and oxygen atoms in total. The average Bonchev–Trinajstić information content (AvgIpc) is 3.26. The van der Waals surface area contributed by atoms with Crippen molar-refractivity contribution in [3.8, 4) is 0 Å². The van der Waals surface area contributed by atoms with Crippen LogP contribution in [-0.2, 0) is 25.7 Å². The van der Waals surface area contributed by atoms with Gasteiger partial charge in [-0.1, -0.05) is 50.0 Å². The lowest BCUT2D eigenvalue weighted by atomic mass is 9.38. The number of allylic oxidation sites excluding steroid dienone is 1. The predicted octanol–water partition coefficient (Wildman–Crippen LogP) is 5.72. The van der Waals surface area contributed by atoms with Crippen LogP contribution in [0, 0.1) is 16.2 Å². The predicted molar refractivity (Wildman–Crippen MR) is 178 cm³/mol. The number of nitrogens with zero attached hydrogens (tertiary/aromatic N) is 1. The normalized spacial score (nSPS) is 28.6. The number of pyridine rings is 1. The van der Waals surface area contributed by atoms with E-state index in [2.05, 4.69) is 41.5 Å². The molecule has 13 heteroatoms. The number of aromatic nitrogens is 1. The third kappa shape index (κ3) is 7.52. The molecular formula is C33H40Cl2N4O6S. The van der Waals surface area contributed by atoms with Crippen molar-refractivity contribution >= 4 is 63.9 Å². The Kier molecular flexibility index (Phi) is 9.52. The number of carbonyl (C=O) groups is 4. The molecule has 6 rings (SSSR count). The summed E-state index contributed by atoms with van der Waals surface area (Å²) in [6, 6.07) is 3.34. The van der Waals surface area contributed by atoms with E-state index in [9.17, 15) is 24.0 Å². The molecule has 0 aromatic carbocycles. The van der Waals surface area contributed by atoms with Crippen molar-refractivity contribution in [1.29, 1.82) is 0 Å². The summed E-state index contributed by atoms with van der Waals surface area (Å²) < 4.78 is 6.34. The van der Waals surface area contributed by atoms with Gasteiger partial charge in [-0.15, -0.1) is 11.3 Å². The Balaban J connectivity index is 1.28. The van der Waals surface area contributed by atoms with Gasteiger partial charge >= 0.3 is 5.97 Å². The molecule has 248 valence electrons. The van der Waals surface area contributed by atoms with E-state index < -0.39 is 29.4 Å². The number of amides is 3. The molecule has 4 bridgehead atoms. The molecule has 2 aromatic heterocycles. The first-order chi connectivity index (χ1) is 21.5. The number of hydrogen-bond acceptors (Lipinski definition) is 7. The zero-order valence-electron chi connectivity index (χ0n) is 26.5. The fourth-order valence-electron chi connectivity index (χ4n) is 9.40. The van der Waals surface area contributed by atoms with Crippen LogP contribution in [0.4, 0.5) is 5.69 Å². The van der Waals surface area contributed by atoms with Gasteiger partial charge in [0.2, 0.25) is 11.8 Å². The monoisotopic (exact) mass is 690 g/mol. The van der Waals surface area contributed by atoms with Gasteiger partial charge in [-0.3, -0.25) is 19.2 Å². The molecule has 1 atom stereocenters. The second-order valence-corrected chi connectivity index (χ2v) is 16.7. The van der Waals surface area contributed by atoms with E-state index in [1.807, 2.05) is 0 Å². The number of rotatable bonds is 11. The van der Waals surface area contributed by atoms with E-state index in [0.717, 1.165) is 30.6 Å². The zero-order chi connectivity index (χ0) is 33.5. The minimum atomic E-state index is -1.10. The van der Waals surface area contributed by atoms with Gasteiger partial charge in [-0.25, -0.2) is 4.79 Å². The van der Waals surface area contributed by atoms with E-state index in [0.29, 0.717) is 4.34 Å². The van der Waals surface area contributed by atoms with Gasteiger partial charge in [0.1, 0.15) is 22.6 Å². The molecule has 0 saturated heterocycles. The minimum Gasteiger partial charge on any atom is -0.466 e. The second-order valence-electron chi connectivity index (χ2n) is 14.4. The number of carbonyl (C=O) groups excluding carboxylic acids is 4. The summed E-state index contributed by atoms with van der Waals surface area (Å²) >= 11 is 13.2. The maximum atomic E-state index is 13.4. The number of ether oxygens (including phenoxy) is 1. The first-order valence-electron chi connectivity index (χ1n) is 15.4. The van der Waals surface area contributed by atoms with Crippen molar-refractivity contribution in [2.75, 3.05) is 12.4 Å². The van der Waals surface area contributed by atoms with Crippen molar-refractivity contribution < 1.29 is 23.9 Å². The maximum absolute atomic E-state index is 13.4. The van der Waals surface area contributed by atoms with Crippen LogP contribution in [0.2, 0.25) is 8.67 Å². The molecule has 0 unspecified atom stereocenters. The van der Waals surface area contributed by atoms with Crippen molar-refractivity contribution in [2.24, 2.45) is 16.2 Å². The van der Waals surface area contributed by atoms with Crippen LogP contribution in [0.5, 0.6) is 0 Å². The summed E-state index contributed by atoms with van der Waals surface area (Å²) in [7, 11) is 1.25. The highest BCUT2D eigenvalue weighted by atomic mass is 35.5. The summed E-state index contributed by atoms with van der Waals surface area (Å²) in [5, 5.41) is 8.61. The van der Waals surface area contributed by atoms with E-state index in [1.54, 1.807) is 6.07 Å². The number of methoxy groups -OCH3 is 1.